The number of anilines is 2. The number of nitrogens with one attached hydrogen (secondary N) is 1. The Morgan fingerprint density at radius 1 is 1.44 bits per heavy atom. The van der Waals surface area contributed by atoms with Crippen molar-refractivity contribution >= 4 is 23.1 Å². The lowest BCUT2D eigenvalue weighted by atomic mass is 9.97. The first-order valence-corrected chi connectivity index (χ1v) is 6.95. The summed E-state index contributed by atoms with van der Waals surface area (Å²) < 4.78 is 0. The van der Waals surface area contributed by atoms with Gasteiger partial charge in [0.1, 0.15) is 5.15 Å². The molecular formula is C13H21ClN4. The summed E-state index contributed by atoms with van der Waals surface area (Å²) in [5.74, 6) is 1.41. The van der Waals surface area contributed by atoms with Gasteiger partial charge in [0.05, 0.1) is 5.69 Å². The summed E-state index contributed by atoms with van der Waals surface area (Å²) in [4.78, 5) is 6.70. The van der Waals surface area contributed by atoms with E-state index < -0.39 is 0 Å². The second-order valence-electron chi connectivity index (χ2n) is 4.83. The van der Waals surface area contributed by atoms with Gasteiger partial charge in [0.2, 0.25) is 0 Å². The average molecular weight is 269 g/mol. The molecule has 4 nitrogen and oxygen atoms in total. The highest BCUT2D eigenvalue weighted by atomic mass is 35.5. The number of pyridine rings is 1. The zero-order chi connectivity index (χ0) is 13.0. The van der Waals surface area contributed by atoms with Crippen molar-refractivity contribution < 1.29 is 0 Å². The van der Waals surface area contributed by atoms with Crippen LogP contribution < -0.4 is 11.1 Å². The van der Waals surface area contributed by atoms with Crippen LogP contribution in [-0.4, -0.2) is 36.1 Å². The number of aromatic nitrogens is 1. The van der Waals surface area contributed by atoms with Crippen LogP contribution in [0.4, 0.5) is 11.5 Å². The molecule has 2 rings (SSSR count). The van der Waals surface area contributed by atoms with Gasteiger partial charge in [-0.1, -0.05) is 18.5 Å². The van der Waals surface area contributed by atoms with Crippen LogP contribution in [0, 0.1) is 5.92 Å². The van der Waals surface area contributed by atoms with Gasteiger partial charge in [-0.15, -0.1) is 0 Å². The number of nitrogen functional groups attached to an aromatic ring is 1. The Bertz CT molecular complexity index is 389. The average Bonchev–Trinajstić information content (AvgIpc) is 2.40. The van der Waals surface area contributed by atoms with E-state index in [1.165, 1.54) is 25.9 Å². The molecule has 0 amide bonds. The molecule has 0 bridgehead atoms. The third-order valence-electron chi connectivity index (χ3n) is 3.61. The van der Waals surface area contributed by atoms with Crippen LogP contribution >= 0.6 is 11.6 Å². The highest BCUT2D eigenvalue weighted by molar-refractivity contribution is 6.29. The maximum absolute atomic E-state index is 5.86. The third-order valence-corrected chi connectivity index (χ3v) is 3.82. The lowest BCUT2D eigenvalue weighted by Crippen LogP contribution is -2.35. The SMILES string of the molecule is CCN1CCC(CNc2nc(Cl)ccc2N)CC1. The van der Waals surface area contributed by atoms with Crippen molar-refractivity contribution in [3.63, 3.8) is 0 Å². The Morgan fingerprint density at radius 2 is 2.17 bits per heavy atom. The quantitative estimate of drug-likeness (QED) is 0.824. The van der Waals surface area contributed by atoms with Gasteiger partial charge in [-0.2, -0.15) is 0 Å². The first-order valence-electron chi connectivity index (χ1n) is 6.57. The maximum Gasteiger partial charge on any atom is 0.150 e. The Morgan fingerprint density at radius 3 is 2.83 bits per heavy atom. The van der Waals surface area contributed by atoms with Gasteiger partial charge in [-0.3, -0.25) is 0 Å². The van der Waals surface area contributed by atoms with Gasteiger partial charge >= 0.3 is 0 Å². The topological polar surface area (TPSA) is 54.2 Å². The van der Waals surface area contributed by atoms with Crippen LogP contribution in [0.1, 0.15) is 19.8 Å². The molecule has 1 fully saturated rings. The zero-order valence-corrected chi connectivity index (χ0v) is 11.6. The van der Waals surface area contributed by atoms with Crippen molar-refractivity contribution in [1.29, 1.82) is 0 Å². The Hall–Kier alpha value is -1.00. The molecule has 0 radical (unpaired) electrons. The molecule has 2 heterocycles. The summed E-state index contributed by atoms with van der Waals surface area (Å²) in [6.07, 6.45) is 2.47. The number of hydrogen-bond acceptors (Lipinski definition) is 4. The fourth-order valence-corrected chi connectivity index (χ4v) is 2.48. The number of nitrogens with two attached hydrogens (primary N) is 1. The van der Waals surface area contributed by atoms with Crippen LogP contribution in [0.5, 0.6) is 0 Å². The molecule has 0 aliphatic carbocycles. The molecule has 1 aromatic rings. The normalized spacial score (nSPS) is 17.9. The van der Waals surface area contributed by atoms with E-state index in [1.807, 2.05) is 0 Å². The van der Waals surface area contributed by atoms with Gasteiger partial charge in [-0.05, 0) is 50.5 Å². The Kier molecular flexibility index (Phi) is 4.66. The molecule has 1 aliphatic rings. The van der Waals surface area contributed by atoms with Gasteiger partial charge in [0.15, 0.2) is 5.82 Å². The smallest absolute Gasteiger partial charge is 0.150 e. The number of hydrogen-bond donors (Lipinski definition) is 2. The molecule has 0 unspecified atom stereocenters. The third kappa shape index (κ3) is 3.50. The molecule has 1 aliphatic heterocycles. The summed E-state index contributed by atoms with van der Waals surface area (Å²) in [7, 11) is 0. The minimum absolute atomic E-state index is 0.479. The summed E-state index contributed by atoms with van der Waals surface area (Å²) in [6, 6.07) is 3.50. The van der Waals surface area contributed by atoms with Crippen molar-refractivity contribution in [3.05, 3.63) is 17.3 Å². The molecule has 0 spiro atoms. The molecule has 1 aromatic heterocycles. The van der Waals surface area contributed by atoms with Crippen molar-refractivity contribution in [1.82, 2.24) is 9.88 Å². The largest absolute Gasteiger partial charge is 0.396 e. The predicted molar refractivity (Wildman–Crippen MR) is 77.0 cm³/mol. The van der Waals surface area contributed by atoms with Crippen molar-refractivity contribution in [2.45, 2.75) is 19.8 Å². The van der Waals surface area contributed by atoms with Gasteiger partial charge in [-0.25, -0.2) is 4.98 Å². The van der Waals surface area contributed by atoms with Crippen LogP contribution in [0.25, 0.3) is 0 Å². The number of nitrogens with zero attached hydrogens (tertiary/aromatic N) is 2. The van der Waals surface area contributed by atoms with Crippen LogP contribution in [0.3, 0.4) is 0 Å². The lowest BCUT2D eigenvalue weighted by molar-refractivity contribution is 0.198. The van der Waals surface area contributed by atoms with Gasteiger partial charge in [0, 0.05) is 6.54 Å². The van der Waals surface area contributed by atoms with Gasteiger partial charge in [0.25, 0.3) is 0 Å². The Labute approximate surface area is 114 Å². The van der Waals surface area contributed by atoms with Gasteiger partial charge < -0.3 is 16.0 Å². The molecule has 18 heavy (non-hydrogen) atoms. The molecular weight excluding hydrogens is 248 g/mol. The van der Waals surface area contributed by atoms with Crippen LogP contribution in [0.2, 0.25) is 5.15 Å². The summed E-state index contributed by atoms with van der Waals surface area (Å²) >= 11 is 5.86. The lowest BCUT2D eigenvalue weighted by Gasteiger charge is -2.31. The number of rotatable bonds is 4. The summed E-state index contributed by atoms with van der Waals surface area (Å²) in [5.41, 5.74) is 6.51. The van der Waals surface area contributed by atoms with Crippen LogP contribution in [0.15, 0.2) is 12.1 Å². The Balaban J connectivity index is 1.83. The van der Waals surface area contributed by atoms with E-state index in [0.717, 1.165) is 13.1 Å². The molecule has 1 saturated heterocycles. The number of halogens is 1. The minimum atomic E-state index is 0.479. The van der Waals surface area contributed by atoms with E-state index >= 15 is 0 Å². The first-order chi connectivity index (χ1) is 8.69. The minimum Gasteiger partial charge on any atom is -0.396 e. The second kappa shape index (κ2) is 6.25. The molecule has 5 heteroatoms. The highest BCUT2D eigenvalue weighted by Crippen LogP contribution is 2.21. The molecule has 0 aromatic carbocycles. The number of piperidine rings is 1. The molecule has 0 atom stereocenters. The fraction of sp³-hybridized carbons (Fsp3) is 0.615. The van der Waals surface area contributed by atoms with E-state index in [1.54, 1.807) is 12.1 Å². The van der Waals surface area contributed by atoms with E-state index in [2.05, 4.69) is 22.1 Å². The van der Waals surface area contributed by atoms with Crippen LogP contribution in [-0.2, 0) is 0 Å². The van der Waals surface area contributed by atoms with E-state index in [0.29, 0.717) is 22.6 Å². The summed E-state index contributed by atoms with van der Waals surface area (Å²) in [6.45, 7) is 6.69. The van der Waals surface area contributed by atoms with E-state index in [-0.39, 0.29) is 0 Å². The van der Waals surface area contributed by atoms with E-state index in [4.69, 9.17) is 17.3 Å². The fourth-order valence-electron chi connectivity index (χ4n) is 2.34. The molecule has 3 N–H and O–H groups in total. The van der Waals surface area contributed by atoms with Crippen molar-refractivity contribution in [2.24, 2.45) is 5.92 Å². The molecule has 100 valence electrons. The maximum atomic E-state index is 5.86. The summed E-state index contributed by atoms with van der Waals surface area (Å²) in [5, 5.41) is 3.80. The number of likely N-dealkylation sites (tertiary alicyclic amines) is 1. The predicted octanol–water partition coefficient (Wildman–Crippen LogP) is 2.46. The van der Waals surface area contributed by atoms with Crippen molar-refractivity contribution in [2.75, 3.05) is 37.2 Å². The first kappa shape index (κ1) is 13.4. The van der Waals surface area contributed by atoms with E-state index in [9.17, 15) is 0 Å². The monoisotopic (exact) mass is 268 g/mol. The molecule has 0 saturated carbocycles. The second-order valence-corrected chi connectivity index (χ2v) is 5.22. The standard InChI is InChI=1S/C13H21ClN4/c1-2-18-7-5-10(6-8-18)9-16-13-11(15)3-4-12(14)17-13/h3-4,10H,2,5-9,15H2,1H3,(H,16,17). The highest BCUT2D eigenvalue weighted by Gasteiger charge is 2.18. The van der Waals surface area contributed by atoms with Crippen molar-refractivity contribution in [3.8, 4) is 0 Å². The zero-order valence-electron chi connectivity index (χ0n) is 10.8.